The van der Waals surface area contributed by atoms with Crippen LogP contribution in [0.3, 0.4) is 0 Å². The third kappa shape index (κ3) is 3.13. The second-order valence-electron chi connectivity index (χ2n) is 1.94. The predicted octanol–water partition coefficient (Wildman–Crippen LogP) is 1.51. The van der Waals surface area contributed by atoms with Crippen LogP contribution in [0.5, 0.6) is 0 Å². The number of hydrogen-bond acceptors (Lipinski definition) is 4. The molecule has 0 aromatic carbocycles. The van der Waals surface area contributed by atoms with Gasteiger partial charge in [-0.25, -0.2) is 4.98 Å². The molecule has 0 aliphatic rings. The summed E-state index contributed by atoms with van der Waals surface area (Å²) in [6, 6.07) is 0. The van der Waals surface area contributed by atoms with Gasteiger partial charge in [0.1, 0.15) is 7.11 Å². The molecule has 0 aliphatic carbocycles. The minimum atomic E-state index is 0.866. The van der Waals surface area contributed by atoms with E-state index in [4.69, 9.17) is 0 Å². The van der Waals surface area contributed by atoms with Crippen molar-refractivity contribution in [3.8, 4) is 0 Å². The Balaban J connectivity index is 2.19. The highest BCUT2D eigenvalue weighted by atomic mass is 32.1. The van der Waals surface area contributed by atoms with Gasteiger partial charge in [-0.3, -0.25) is 0 Å². The third-order valence-electron chi connectivity index (χ3n) is 1.15. The molecule has 0 saturated heterocycles. The zero-order valence-corrected chi connectivity index (χ0v) is 7.10. The van der Waals surface area contributed by atoms with E-state index in [2.05, 4.69) is 20.5 Å². The molecule has 1 radical (unpaired) electrons. The molecule has 0 bridgehead atoms. The number of hydrogen-bond donors (Lipinski definition) is 0. The molecule has 59 valence electrons. The van der Waals surface area contributed by atoms with E-state index in [1.165, 1.54) is 18.4 Å². The van der Waals surface area contributed by atoms with Gasteiger partial charge in [0, 0.05) is 11.6 Å². The average molecular weight is 169 g/mol. The highest BCUT2D eigenvalue weighted by Gasteiger charge is 1.91. The molecule has 1 aromatic rings. The second kappa shape index (κ2) is 4.85. The fourth-order valence-electron chi connectivity index (χ4n) is 0.660. The van der Waals surface area contributed by atoms with E-state index >= 15 is 0 Å². The van der Waals surface area contributed by atoms with E-state index in [-0.39, 0.29) is 0 Å². The highest BCUT2D eigenvalue weighted by molar-refractivity contribution is 7.07. The molecule has 4 heteroatoms. The minimum Gasteiger partial charge on any atom is -0.399 e. The normalized spacial score (nSPS) is 10.6. The van der Waals surface area contributed by atoms with Crippen molar-refractivity contribution in [3.63, 3.8) is 0 Å². The monoisotopic (exact) mass is 169 g/mol. The largest absolute Gasteiger partial charge is 0.399 e. The van der Waals surface area contributed by atoms with Gasteiger partial charge in [-0.05, 0) is 12.8 Å². The molecule has 0 atom stereocenters. The summed E-state index contributed by atoms with van der Waals surface area (Å²) in [6.45, 7) is 0. The number of oxime groups is 1. The molecule has 0 N–H and O–H groups in total. The second-order valence-corrected chi connectivity index (χ2v) is 2.59. The summed E-state index contributed by atoms with van der Waals surface area (Å²) in [4.78, 5) is 8.51. The Kier molecular flexibility index (Phi) is 3.61. The summed E-state index contributed by atoms with van der Waals surface area (Å²) in [5, 5.41) is 5.60. The van der Waals surface area contributed by atoms with E-state index in [1.54, 1.807) is 6.21 Å². The van der Waals surface area contributed by atoms with Crippen molar-refractivity contribution >= 4 is 17.6 Å². The molecular formula is C7H9N2OS. The first-order chi connectivity index (χ1) is 5.43. The fraction of sp³-hybridized carbons (Fsp3) is 0.429. The van der Waals surface area contributed by atoms with Gasteiger partial charge in [0.25, 0.3) is 0 Å². The van der Waals surface area contributed by atoms with Gasteiger partial charge in [0.2, 0.25) is 0 Å². The third-order valence-corrected chi connectivity index (χ3v) is 1.73. The molecule has 3 nitrogen and oxygen atoms in total. The van der Waals surface area contributed by atoms with E-state index < -0.39 is 0 Å². The van der Waals surface area contributed by atoms with Crippen molar-refractivity contribution in [3.05, 3.63) is 16.6 Å². The Morgan fingerprint density at radius 2 is 2.82 bits per heavy atom. The van der Waals surface area contributed by atoms with Crippen molar-refractivity contribution in [2.75, 3.05) is 7.11 Å². The van der Waals surface area contributed by atoms with Crippen LogP contribution in [-0.2, 0) is 11.3 Å². The molecular weight excluding hydrogens is 160 g/mol. The molecule has 0 amide bonds. The van der Waals surface area contributed by atoms with E-state index in [1.807, 2.05) is 5.38 Å². The van der Waals surface area contributed by atoms with Crippen LogP contribution in [0.25, 0.3) is 0 Å². The molecule has 0 fully saturated rings. The van der Waals surface area contributed by atoms with Gasteiger partial charge < -0.3 is 4.84 Å². The summed E-state index contributed by atoms with van der Waals surface area (Å²) in [5.41, 5.74) is 3.85. The van der Waals surface area contributed by atoms with Gasteiger partial charge >= 0.3 is 0 Å². The van der Waals surface area contributed by atoms with Gasteiger partial charge in [0.15, 0.2) is 5.51 Å². The summed E-state index contributed by atoms with van der Waals surface area (Å²) in [6.07, 6.45) is 3.51. The van der Waals surface area contributed by atoms with Crippen molar-refractivity contribution in [1.82, 2.24) is 4.98 Å². The number of aryl methyl sites for hydroxylation is 1. The van der Waals surface area contributed by atoms with Crippen LogP contribution in [-0.4, -0.2) is 18.3 Å². The summed E-state index contributed by atoms with van der Waals surface area (Å²) < 4.78 is 0. The van der Waals surface area contributed by atoms with Crippen LogP contribution in [0.4, 0.5) is 0 Å². The zero-order valence-electron chi connectivity index (χ0n) is 6.28. The SMILES string of the molecule is CON=CCCc1cs[c]n1. The standard InChI is InChI=1S/C7H9N2OS/c1-10-9-4-2-3-7-5-11-6-8-7/h4-5H,2-3H2,1H3. The predicted molar refractivity (Wildman–Crippen MR) is 44.8 cm³/mol. The lowest BCUT2D eigenvalue weighted by Crippen LogP contribution is -1.85. The molecule has 1 rings (SSSR count). The van der Waals surface area contributed by atoms with Gasteiger partial charge in [-0.15, -0.1) is 11.3 Å². The molecule has 0 saturated carbocycles. The lowest BCUT2D eigenvalue weighted by molar-refractivity contribution is 0.214. The topological polar surface area (TPSA) is 34.5 Å². The van der Waals surface area contributed by atoms with Gasteiger partial charge in [-0.2, -0.15) is 0 Å². The van der Waals surface area contributed by atoms with Crippen LogP contribution < -0.4 is 0 Å². The lowest BCUT2D eigenvalue weighted by Gasteiger charge is -1.88. The summed E-state index contributed by atoms with van der Waals surface area (Å²) in [5.74, 6) is 0. The summed E-state index contributed by atoms with van der Waals surface area (Å²) >= 11 is 1.49. The number of rotatable bonds is 4. The Bertz CT molecular complexity index is 208. The molecule has 1 heterocycles. The Hall–Kier alpha value is -0.900. The van der Waals surface area contributed by atoms with Crippen LogP contribution in [0.1, 0.15) is 12.1 Å². The van der Waals surface area contributed by atoms with Crippen LogP contribution in [0, 0.1) is 5.51 Å². The van der Waals surface area contributed by atoms with Crippen LogP contribution in [0.15, 0.2) is 10.5 Å². The zero-order chi connectivity index (χ0) is 7.94. The molecule has 0 unspecified atom stereocenters. The quantitative estimate of drug-likeness (QED) is 0.505. The van der Waals surface area contributed by atoms with Gasteiger partial charge in [0.05, 0.1) is 5.69 Å². The first-order valence-corrected chi connectivity index (χ1v) is 4.17. The van der Waals surface area contributed by atoms with Crippen LogP contribution >= 0.6 is 11.3 Å². The molecule has 11 heavy (non-hydrogen) atoms. The van der Waals surface area contributed by atoms with E-state index in [0.29, 0.717) is 0 Å². The van der Waals surface area contributed by atoms with E-state index in [9.17, 15) is 0 Å². The van der Waals surface area contributed by atoms with Crippen molar-refractivity contribution in [2.45, 2.75) is 12.8 Å². The smallest absolute Gasteiger partial charge is 0.152 e. The number of aromatic nitrogens is 1. The maximum atomic E-state index is 4.51. The maximum Gasteiger partial charge on any atom is 0.152 e. The minimum absolute atomic E-state index is 0.866. The van der Waals surface area contributed by atoms with Crippen molar-refractivity contribution in [2.24, 2.45) is 5.16 Å². The van der Waals surface area contributed by atoms with Gasteiger partial charge in [-0.1, -0.05) is 5.16 Å². The average Bonchev–Trinajstić information content (AvgIpc) is 2.50. The summed E-state index contributed by atoms with van der Waals surface area (Å²) in [7, 11) is 1.53. The van der Waals surface area contributed by atoms with E-state index in [0.717, 1.165) is 18.5 Å². The molecule has 0 aliphatic heterocycles. The van der Waals surface area contributed by atoms with Crippen molar-refractivity contribution in [1.29, 1.82) is 0 Å². The first kappa shape index (κ1) is 8.20. The fourth-order valence-corrected chi connectivity index (χ4v) is 1.19. The highest BCUT2D eigenvalue weighted by Crippen LogP contribution is 2.01. The molecule has 0 spiro atoms. The Labute approximate surface area is 69.7 Å². The van der Waals surface area contributed by atoms with Crippen molar-refractivity contribution < 1.29 is 4.84 Å². The maximum absolute atomic E-state index is 4.51. The van der Waals surface area contributed by atoms with Crippen LogP contribution in [0.2, 0.25) is 0 Å². The first-order valence-electron chi connectivity index (χ1n) is 3.29. The number of thiazole rings is 1. The lowest BCUT2D eigenvalue weighted by atomic mass is 10.3. The Morgan fingerprint density at radius 3 is 3.45 bits per heavy atom. The Morgan fingerprint density at radius 1 is 1.91 bits per heavy atom. The molecule has 1 aromatic heterocycles. The number of nitrogens with zero attached hydrogens (tertiary/aromatic N) is 2.